The van der Waals surface area contributed by atoms with Gasteiger partial charge in [-0.05, 0) is 85.7 Å². The molecule has 4 rings (SSSR count). The van der Waals surface area contributed by atoms with Crippen LogP contribution in [0.2, 0.25) is 0 Å². The number of hydrogen-bond acceptors (Lipinski definition) is 4. The Morgan fingerprint density at radius 2 is 1.76 bits per heavy atom. The number of alkyl halides is 3. The van der Waals surface area contributed by atoms with Gasteiger partial charge in [0, 0.05) is 12.2 Å². The molecule has 1 fully saturated rings. The molecule has 1 aliphatic rings. The van der Waals surface area contributed by atoms with Crippen LogP contribution in [0.1, 0.15) is 54.5 Å². The van der Waals surface area contributed by atoms with E-state index in [1.807, 2.05) is 31.2 Å². The van der Waals surface area contributed by atoms with Crippen molar-refractivity contribution >= 4 is 17.3 Å². The van der Waals surface area contributed by atoms with Crippen LogP contribution in [-0.4, -0.2) is 18.6 Å². The van der Waals surface area contributed by atoms with Crippen LogP contribution >= 0.6 is 0 Å². The summed E-state index contributed by atoms with van der Waals surface area (Å²) in [7, 11) is 0. The van der Waals surface area contributed by atoms with Crippen LogP contribution in [0.5, 0.6) is 0 Å². The fourth-order valence-corrected chi connectivity index (χ4v) is 4.61. The Balaban J connectivity index is 1.68. The molecule has 1 unspecified atom stereocenters. The Morgan fingerprint density at radius 3 is 2.43 bits per heavy atom. The average molecular weight is 581 g/mol. The highest BCUT2D eigenvalue weighted by molar-refractivity contribution is 6.06. The number of carbonyl (C=O) groups is 1. The van der Waals surface area contributed by atoms with Gasteiger partial charge in [-0.1, -0.05) is 61.0 Å². The first-order valence-electron chi connectivity index (χ1n) is 14.0. The van der Waals surface area contributed by atoms with E-state index in [2.05, 4.69) is 16.0 Å². The van der Waals surface area contributed by atoms with Crippen molar-refractivity contribution in [2.45, 2.75) is 51.9 Å². The lowest BCUT2D eigenvalue weighted by Crippen LogP contribution is -2.25. The van der Waals surface area contributed by atoms with Crippen molar-refractivity contribution in [1.82, 2.24) is 5.32 Å². The SMILES string of the molecule is CC/C=C(/C=C(\Nc1cccc(CN)c1)C(=O)Nc1cc(C(NCC2CC2)c2cccc(C)c2)ccc1F)C(F)(F)F. The lowest BCUT2D eigenvalue weighted by Gasteiger charge is -2.22. The molecule has 42 heavy (non-hydrogen) atoms. The van der Waals surface area contributed by atoms with E-state index in [4.69, 9.17) is 5.73 Å². The number of allylic oxidation sites excluding steroid dienone is 3. The zero-order valence-electron chi connectivity index (χ0n) is 23.7. The van der Waals surface area contributed by atoms with E-state index in [1.165, 1.54) is 12.1 Å². The summed E-state index contributed by atoms with van der Waals surface area (Å²) in [5, 5.41) is 8.85. The number of amides is 1. The fourth-order valence-electron chi connectivity index (χ4n) is 4.61. The summed E-state index contributed by atoms with van der Waals surface area (Å²) >= 11 is 0. The first-order valence-corrected chi connectivity index (χ1v) is 14.0. The molecule has 5 N–H and O–H groups in total. The maximum absolute atomic E-state index is 15.1. The van der Waals surface area contributed by atoms with Crippen LogP contribution in [0, 0.1) is 18.7 Å². The largest absolute Gasteiger partial charge is 0.416 e. The molecular weight excluding hydrogens is 544 g/mol. The van der Waals surface area contributed by atoms with Crippen LogP contribution < -0.4 is 21.7 Å². The van der Waals surface area contributed by atoms with Gasteiger partial charge in [-0.25, -0.2) is 4.39 Å². The molecule has 0 saturated heterocycles. The van der Waals surface area contributed by atoms with Crippen LogP contribution in [0.3, 0.4) is 0 Å². The van der Waals surface area contributed by atoms with Crippen molar-refractivity contribution in [3.05, 3.63) is 118 Å². The van der Waals surface area contributed by atoms with Gasteiger partial charge in [-0.3, -0.25) is 4.79 Å². The van der Waals surface area contributed by atoms with Gasteiger partial charge in [0.05, 0.1) is 17.3 Å². The van der Waals surface area contributed by atoms with Crippen molar-refractivity contribution < 1.29 is 22.4 Å². The minimum Gasteiger partial charge on any atom is -0.351 e. The molecule has 0 aromatic heterocycles. The molecule has 0 heterocycles. The summed E-state index contributed by atoms with van der Waals surface area (Å²) < 4.78 is 56.4. The van der Waals surface area contributed by atoms with Crippen LogP contribution in [0.25, 0.3) is 0 Å². The van der Waals surface area contributed by atoms with Crippen LogP contribution in [0.15, 0.2) is 90.2 Å². The first kappa shape index (κ1) is 31.0. The standard InChI is InChI=1S/C33H36F4N4O/c1-3-6-26(33(35,36)37)18-30(40-27-10-5-8-23(16-27)19-38)32(42)41-29-17-25(13-14-28(29)34)31(39-20-22-11-12-22)24-9-4-7-21(2)15-24/h4-10,13-18,22,31,39-40H,3,11-12,19-20,38H2,1-2H3,(H,41,42)/b26-6-,30-18-. The van der Waals surface area contributed by atoms with Crippen molar-refractivity contribution in [2.75, 3.05) is 17.2 Å². The summed E-state index contributed by atoms with van der Waals surface area (Å²) in [5.41, 5.74) is 8.05. The molecule has 0 spiro atoms. The van der Waals surface area contributed by atoms with E-state index in [9.17, 15) is 18.0 Å². The third kappa shape index (κ3) is 8.53. The Morgan fingerprint density at radius 1 is 1.02 bits per heavy atom. The minimum absolute atomic E-state index is 0.105. The van der Waals surface area contributed by atoms with E-state index in [-0.39, 0.29) is 24.7 Å². The first-order chi connectivity index (χ1) is 20.1. The molecule has 0 aliphatic heterocycles. The Bertz CT molecular complexity index is 1460. The molecule has 1 aliphatic carbocycles. The predicted molar refractivity (Wildman–Crippen MR) is 159 cm³/mol. The Labute approximate surface area is 243 Å². The maximum Gasteiger partial charge on any atom is 0.416 e. The summed E-state index contributed by atoms with van der Waals surface area (Å²) in [6.45, 7) is 4.56. The van der Waals surface area contributed by atoms with E-state index in [0.29, 0.717) is 17.2 Å². The number of rotatable bonds is 12. The van der Waals surface area contributed by atoms with E-state index >= 15 is 4.39 Å². The van der Waals surface area contributed by atoms with Crippen molar-refractivity contribution in [1.29, 1.82) is 0 Å². The monoisotopic (exact) mass is 580 g/mol. The number of anilines is 2. The molecule has 222 valence electrons. The Hall–Kier alpha value is -3.95. The lowest BCUT2D eigenvalue weighted by atomic mass is 9.96. The maximum atomic E-state index is 15.1. The number of nitrogens with two attached hydrogens (primary N) is 1. The van der Waals surface area contributed by atoms with Gasteiger partial charge in [0.15, 0.2) is 0 Å². The van der Waals surface area contributed by atoms with Crippen molar-refractivity contribution in [3.63, 3.8) is 0 Å². The smallest absolute Gasteiger partial charge is 0.351 e. The summed E-state index contributed by atoms with van der Waals surface area (Å²) in [4.78, 5) is 13.5. The highest BCUT2D eigenvalue weighted by Crippen LogP contribution is 2.32. The van der Waals surface area contributed by atoms with Crippen LogP contribution in [0.4, 0.5) is 28.9 Å². The molecule has 3 aromatic rings. The third-order valence-electron chi connectivity index (χ3n) is 6.99. The third-order valence-corrected chi connectivity index (χ3v) is 6.99. The second-order valence-corrected chi connectivity index (χ2v) is 10.5. The van der Waals surface area contributed by atoms with E-state index in [1.54, 1.807) is 37.3 Å². The molecule has 5 nitrogen and oxygen atoms in total. The number of benzene rings is 3. The average Bonchev–Trinajstić information content (AvgIpc) is 3.78. The number of carbonyl (C=O) groups excluding carboxylic acids is 1. The van der Waals surface area contributed by atoms with Crippen LogP contribution in [-0.2, 0) is 11.3 Å². The lowest BCUT2D eigenvalue weighted by molar-refractivity contribution is -0.112. The van der Waals surface area contributed by atoms with Gasteiger partial charge in [0.2, 0.25) is 0 Å². The molecule has 0 bridgehead atoms. The second-order valence-electron chi connectivity index (χ2n) is 10.5. The topological polar surface area (TPSA) is 79.2 Å². The van der Waals surface area contributed by atoms with Crippen molar-refractivity contribution in [2.24, 2.45) is 11.7 Å². The van der Waals surface area contributed by atoms with Gasteiger partial charge in [0.25, 0.3) is 5.91 Å². The zero-order chi connectivity index (χ0) is 30.3. The minimum atomic E-state index is -4.69. The molecule has 1 atom stereocenters. The number of halogens is 4. The molecule has 3 aromatic carbocycles. The molecule has 1 saturated carbocycles. The number of aryl methyl sites for hydroxylation is 1. The highest BCUT2D eigenvalue weighted by atomic mass is 19.4. The van der Waals surface area contributed by atoms with Gasteiger partial charge in [-0.2, -0.15) is 13.2 Å². The number of hydrogen-bond donors (Lipinski definition) is 4. The predicted octanol–water partition coefficient (Wildman–Crippen LogP) is 7.52. The fraction of sp³-hybridized carbons (Fsp3) is 0.303. The summed E-state index contributed by atoms with van der Waals surface area (Å²) in [6.07, 6.45) is -0.551. The summed E-state index contributed by atoms with van der Waals surface area (Å²) in [6, 6.07) is 18.8. The van der Waals surface area contributed by atoms with Gasteiger partial charge in [-0.15, -0.1) is 0 Å². The van der Waals surface area contributed by atoms with Gasteiger partial charge >= 0.3 is 6.18 Å². The zero-order valence-corrected chi connectivity index (χ0v) is 23.7. The molecular formula is C33H36F4N4O. The van der Waals surface area contributed by atoms with E-state index in [0.717, 1.165) is 48.2 Å². The second kappa shape index (κ2) is 13.8. The normalized spacial score (nSPS) is 14.9. The van der Waals surface area contributed by atoms with Gasteiger partial charge < -0.3 is 21.7 Å². The number of nitrogens with one attached hydrogen (secondary N) is 3. The summed E-state index contributed by atoms with van der Waals surface area (Å²) in [5.74, 6) is -1.04. The highest BCUT2D eigenvalue weighted by Gasteiger charge is 2.33. The molecule has 9 heteroatoms. The van der Waals surface area contributed by atoms with Crippen molar-refractivity contribution in [3.8, 4) is 0 Å². The van der Waals surface area contributed by atoms with E-state index < -0.39 is 29.2 Å². The molecule has 1 amide bonds. The quantitative estimate of drug-likeness (QED) is 0.102. The molecule has 0 radical (unpaired) electrons. The van der Waals surface area contributed by atoms with Gasteiger partial charge in [0.1, 0.15) is 11.5 Å². The Kier molecular flexibility index (Phi) is 10.2.